The molecule has 1 N–H and O–H groups in total. The second-order valence-electron chi connectivity index (χ2n) is 3.15. The summed E-state index contributed by atoms with van der Waals surface area (Å²) in [6.07, 6.45) is -5.22. The minimum absolute atomic E-state index is 0.0742. The average molecular weight is 361 g/mol. The molecule has 0 aliphatic carbocycles. The maximum absolute atomic E-state index is 12.1. The van der Waals surface area contributed by atoms with Gasteiger partial charge in [0.25, 0.3) is 0 Å². The molecule has 0 spiro atoms. The average Bonchev–Trinajstić information content (AvgIpc) is 2.09. The summed E-state index contributed by atoms with van der Waals surface area (Å²) < 4.78 is 40.2. The number of ether oxygens (including phenoxy) is 1. The molecule has 0 atom stereocenters. The molecule has 0 fully saturated rings. The van der Waals surface area contributed by atoms with Crippen molar-refractivity contribution in [1.82, 2.24) is 4.98 Å². The molecule has 1 heterocycles. The van der Waals surface area contributed by atoms with E-state index in [1.807, 2.05) is 0 Å². The number of pyridine rings is 1. The van der Waals surface area contributed by atoms with Gasteiger partial charge in [0.1, 0.15) is 3.70 Å². The molecule has 1 aromatic rings. The van der Waals surface area contributed by atoms with Crippen molar-refractivity contribution in [1.29, 1.82) is 0 Å². The van der Waals surface area contributed by atoms with Gasteiger partial charge in [-0.3, -0.25) is 4.79 Å². The Morgan fingerprint density at radius 3 is 2.65 bits per heavy atom. The van der Waals surface area contributed by atoms with Crippen molar-refractivity contribution in [3.05, 3.63) is 20.9 Å². The number of carboxylic acid groups (broad SMARTS) is 1. The molecule has 0 unspecified atom stereocenters. The molecule has 0 amide bonds. The molecule has 0 saturated carbocycles. The standard InChI is InChI=1S/C9H7F3INO3/c1-4-5(3-7(15)16)2-6(13)14-8(4)17-9(10,11)12/h2H,3H2,1H3,(H,15,16). The zero-order valence-corrected chi connectivity index (χ0v) is 10.7. The highest BCUT2D eigenvalue weighted by atomic mass is 127. The first-order valence-electron chi connectivity index (χ1n) is 4.32. The van der Waals surface area contributed by atoms with Crippen molar-refractivity contribution in [2.24, 2.45) is 0 Å². The molecule has 1 aromatic heterocycles. The summed E-state index contributed by atoms with van der Waals surface area (Å²) in [6, 6.07) is 1.41. The number of aliphatic carboxylic acids is 1. The summed E-state index contributed by atoms with van der Waals surface area (Å²) >= 11 is 1.69. The highest BCUT2D eigenvalue weighted by Gasteiger charge is 2.33. The molecule has 0 radical (unpaired) electrons. The van der Waals surface area contributed by atoms with Crippen LogP contribution in [0, 0.1) is 10.6 Å². The summed E-state index contributed by atoms with van der Waals surface area (Å²) in [5.74, 6) is -1.74. The SMILES string of the molecule is Cc1c(CC(=O)O)cc(I)nc1OC(F)(F)F. The number of carboxylic acids is 1. The first kappa shape index (κ1) is 14.0. The maximum atomic E-state index is 12.1. The van der Waals surface area contributed by atoms with Crippen LogP contribution in [0.15, 0.2) is 6.07 Å². The predicted molar refractivity (Wildman–Crippen MR) is 59.7 cm³/mol. The van der Waals surface area contributed by atoms with E-state index < -0.39 is 18.2 Å². The van der Waals surface area contributed by atoms with E-state index in [1.165, 1.54) is 13.0 Å². The minimum atomic E-state index is -4.84. The lowest BCUT2D eigenvalue weighted by molar-refractivity contribution is -0.276. The van der Waals surface area contributed by atoms with Gasteiger partial charge in [-0.1, -0.05) is 0 Å². The third kappa shape index (κ3) is 4.36. The van der Waals surface area contributed by atoms with Crippen molar-refractivity contribution in [2.75, 3.05) is 0 Å². The molecule has 8 heteroatoms. The third-order valence-corrected chi connectivity index (χ3v) is 2.41. The van der Waals surface area contributed by atoms with Crippen molar-refractivity contribution in [3.8, 4) is 5.88 Å². The zero-order chi connectivity index (χ0) is 13.2. The quantitative estimate of drug-likeness (QED) is 0.664. The number of nitrogens with zero attached hydrogens (tertiary/aromatic N) is 1. The topological polar surface area (TPSA) is 59.4 Å². The van der Waals surface area contributed by atoms with Gasteiger partial charge in [0.05, 0.1) is 6.42 Å². The van der Waals surface area contributed by atoms with Crippen LogP contribution in [-0.4, -0.2) is 22.4 Å². The van der Waals surface area contributed by atoms with Crippen LogP contribution in [0.1, 0.15) is 11.1 Å². The Bertz CT molecular complexity index is 448. The van der Waals surface area contributed by atoms with E-state index in [0.29, 0.717) is 0 Å². The summed E-state index contributed by atoms with van der Waals surface area (Å²) in [5, 5.41) is 8.62. The molecule has 0 aliphatic rings. The minimum Gasteiger partial charge on any atom is -0.481 e. The number of carbonyl (C=O) groups is 1. The van der Waals surface area contributed by atoms with E-state index in [9.17, 15) is 18.0 Å². The van der Waals surface area contributed by atoms with Crippen LogP contribution < -0.4 is 4.74 Å². The van der Waals surface area contributed by atoms with E-state index in [2.05, 4.69) is 9.72 Å². The van der Waals surface area contributed by atoms with Crippen LogP contribution in [0.3, 0.4) is 0 Å². The number of alkyl halides is 3. The van der Waals surface area contributed by atoms with E-state index in [1.54, 1.807) is 22.6 Å². The number of hydrogen-bond acceptors (Lipinski definition) is 3. The zero-order valence-electron chi connectivity index (χ0n) is 8.51. The van der Waals surface area contributed by atoms with E-state index in [0.717, 1.165) is 0 Å². The molecule has 17 heavy (non-hydrogen) atoms. The Labute approximate surface area is 108 Å². The summed E-state index contributed by atoms with van der Waals surface area (Å²) in [7, 11) is 0. The maximum Gasteiger partial charge on any atom is 0.574 e. The summed E-state index contributed by atoms with van der Waals surface area (Å²) in [4.78, 5) is 14.1. The number of hydrogen-bond donors (Lipinski definition) is 1. The van der Waals surface area contributed by atoms with Crippen LogP contribution in [0.4, 0.5) is 13.2 Å². The molecule has 0 bridgehead atoms. The lowest BCUT2D eigenvalue weighted by Gasteiger charge is -2.13. The van der Waals surface area contributed by atoms with Crippen LogP contribution in [-0.2, 0) is 11.2 Å². The lowest BCUT2D eigenvalue weighted by Crippen LogP contribution is -2.19. The molecular formula is C9H7F3INO3. The van der Waals surface area contributed by atoms with Crippen molar-refractivity contribution in [3.63, 3.8) is 0 Å². The third-order valence-electron chi connectivity index (χ3n) is 1.86. The van der Waals surface area contributed by atoms with Crippen molar-refractivity contribution >= 4 is 28.6 Å². The molecule has 0 aliphatic heterocycles. The van der Waals surface area contributed by atoms with Crippen LogP contribution in [0.5, 0.6) is 5.88 Å². The Balaban J connectivity index is 3.14. The van der Waals surface area contributed by atoms with E-state index >= 15 is 0 Å². The second-order valence-corrected chi connectivity index (χ2v) is 4.26. The van der Waals surface area contributed by atoms with E-state index in [-0.39, 0.29) is 21.2 Å². The molecule has 1 rings (SSSR count). The van der Waals surface area contributed by atoms with Crippen LogP contribution >= 0.6 is 22.6 Å². The van der Waals surface area contributed by atoms with Gasteiger partial charge < -0.3 is 9.84 Å². The Hall–Kier alpha value is -1.06. The van der Waals surface area contributed by atoms with Gasteiger partial charge in [-0.15, -0.1) is 13.2 Å². The van der Waals surface area contributed by atoms with Crippen LogP contribution in [0.25, 0.3) is 0 Å². The lowest BCUT2D eigenvalue weighted by atomic mass is 10.1. The van der Waals surface area contributed by atoms with E-state index in [4.69, 9.17) is 5.11 Å². The van der Waals surface area contributed by atoms with Gasteiger partial charge in [-0.25, -0.2) is 4.98 Å². The Morgan fingerprint density at radius 2 is 2.18 bits per heavy atom. The Kier molecular flexibility index (Phi) is 4.17. The molecular weight excluding hydrogens is 354 g/mol. The number of halogens is 4. The highest BCUT2D eigenvalue weighted by Crippen LogP contribution is 2.27. The summed E-state index contributed by atoms with van der Waals surface area (Å²) in [6.45, 7) is 1.34. The summed E-state index contributed by atoms with van der Waals surface area (Å²) in [5.41, 5.74) is 0.321. The fourth-order valence-electron chi connectivity index (χ4n) is 1.16. The van der Waals surface area contributed by atoms with Gasteiger partial charge >= 0.3 is 12.3 Å². The van der Waals surface area contributed by atoms with Gasteiger partial charge in [0, 0.05) is 5.56 Å². The highest BCUT2D eigenvalue weighted by molar-refractivity contribution is 14.1. The van der Waals surface area contributed by atoms with Gasteiger partial charge in [-0.05, 0) is 41.1 Å². The van der Waals surface area contributed by atoms with Crippen molar-refractivity contribution < 1.29 is 27.8 Å². The van der Waals surface area contributed by atoms with Gasteiger partial charge in [0.2, 0.25) is 5.88 Å². The molecule has 94 valence electrons. The predicted octanol–water partition coefficient (Wildman–Crippen LogP) is 2.52. The molecule has 0 saturated heterocycles. The first-order valence-corrected chi connectivity index (χ1v) is 5.40. The van der Waals surface area contributed by atoms with Gasteiger partial charge in [-0.2, -0.15) is 0 Å². The first-order chi connectivity index (χ1) is 7.69. The normalized spacial score (nSPS) is 11.4. The smallest absolute Gasteiger partial charge is 0.481 e. The Morgan fingerprint density at radius 1 is 1.59 bits per heavy atom. The molecule has 4 nitrogen and oxygen atoms in total. The number of rotatable bonds is 3. The largest absolute Gasteiger partial charge is 0.574 e. The van der Waals surface area contributed by atoms with Gasteiger partial charge in [0.15, 0.2) is 0 Å². The fourth-order valence-corrected chi connectivity index (χ4v) is 1.75. The second kappa shape index (κ2) is 5.07. The number of aromatic nitrogens is 1. The molecule has 0 aromatic carbocycles. The van der Waals surface area contributed by atoms with Crippen LogP contribution in [0.2, 0.25) is 0 Å². The monoisotopic (exact) mass is 361 g/mol. The fraction of sp³-hybridized carbons (Fsp3) is 0.333. The van der Waals surface area contributed by atoms with Crippen molar-refractivity contribution in [2.45, 2.75) is 19.7 Å².